The van der Waals surface area contributed by atoms with Crippen LogP contribution in [0.5, 0.6) is 0 Å². The van der Waals surface area contributed by atoms with Crippen LogP contribution in [0.4, 0.5) is 5.69 Å². The molecule has 150 valence electrons. The average molecular weight is 408 g/mol. The lowest BCUT2D eigenvalue weighted by Gasteiger charge is -2.37. The molecule has 0 saturated carbocycles. The van der Waals surface area contributed by atoms with Gasteiger partial charge >= 0.3 is 0 Å². The second kappa shape index (κ2) is 8.43. The summed E-state index contributed by atoms with van der Waals surface area (Å²) in [6.45, 7) is 3.20. The quantitative estimate of drug-likeness (QED) is 0.599. The van der Waals surface area contributed by atoms with Gasteiger partial charge in [-0.2, -0.15) is 0 Å². The maximum atomic E-state index is 12.7. The minimum atomic E-state index is -0.613. The van der Waals surface area contributed by atoms with Crippen LogP contribution in [-0.2, 0) is 0 Å². The van der Waals surface area contributed by atoms with E-state index in [0.29, 0.717) is 31.5 Å². The number of rotatable bonds is 5. The normalized spacial score (nSPS) is 16.0. The van der Waals surface area contributed by atoms with Crippen molar-refractivity contribution in [2.45, 2.75) is 36.7 Å². The van der Waals surface area contributed by atoms with Crippen molar-refractivity contribution in [2.24, 2.45) is 0 Å². The number of nitrogens with zero attached hydrogens (tertiary/aromatic N) is 2. The van der Waals surface area contributed by atoms with Gasteiger partial charge in [0.2, 0.25) is 0 Å². The Morgan fingerprint density at radius 3 is 2.59 bits per heavy atom. The Hall–Kier alpha value is -2.57. The molecule has 1 aliphatic rings. The number of para-hydroxylation sites is 1. The van der Waals surface area contributed by atoms with Crippen LogP contribution in [0.3, 0.4) is 0 Å². The molecule has 1 aliphatic heterocycles. The van der Waals surface area contributed by atoms with E-state index < -0.39 is 5.60 Å². The number of hydrogen-bond acceptors (Lipinski definition) is 5. The number of nitrogens with one attached hydrogen (secondary N) is 1. The molecular formula is C23H25N3O2S. The first-order chi connectivity index (χ1) is 14.1. The maximum absolute atomic E-state index is 12.7. The second-order valence-corrected chi connectivity index (χ2v) is 8.33. The second-order valence-electron chi connectivity index (χ2n) is 7.48. The largest absolute Gasteiger partial charge is 0.390 e. The van der Waals surface area contributed by atoms with Crippen molar-refractivity contribution in [3.8, 4) is 0 Å². The van der Waals surface area contributed by atoms with E-state index in [1.165, 1.54) is 11.9 Å². The van der Waals surface area contributed by atoms with E-state index >= 15 is 0 Å². The summed E-state index contributed by atoms with van der Waals surface area (Å²) in [5.74, 6) is 0.0283. The van der Waals surface area contributed by atoms with Gasteiger partial charge in [0, 0.05) is 35.9 Å². The fraction of sp³-hybridized carbons (Fsp3) is 0.304. The lowest BCUT2D eigenvalue weighted by Crippen LogP contribution is -2.46. The van der Waals surface area contributed by atoms with Gasteiger partial charge in [-0.3, -0.25) is 9.78 Å². The highest BCUT2D eigenvalue weighted by Gasteiger charge is 2.32. The molecule has 2 heterocycles. The van der Waals surface area contributed by atoms with Crippen molar-refractivity contribution >= 4 is 34.4 Å². The number of benzene rings is 2. The van der Waals surface area contributed by atoms with E-state index in [0.717, 1.165) is 27.9 Å². The maximum Gasteiger partial charge on any atom is 0.253 e. The molecule has 1 fully saturated rings. The molecule has 2 aromatic carbocycles. The monoisotopic (exact) mass is 407 g/mol. The molecule has 0 atom stereocenters. The smallest absolute Gasteiger partial charge is 0.253 e. The Bertz CT molecular complexity index is 993. The van der Waals surface area contributed by atoms with Gasteiger partial charge in [-0.15, -0.1) is 0 Å². The van der Waals surface area contributed by atoms with E-state index in [2.05, 4.69) is 21.8 Å². The summed E-state index contributed by atoms with van der Waals surface area (Å²) in [6.07, 6.45) is 3.82. The number of anilines is 1. The Morgan fingerprint density at radius 1 is 1.14 bits per heavy atom. The van der Waals surface area contributed by atoms with Crippen molar-refractivity contribution in [3.05, 3.63) is 66.4 Å². The number of hydrogen-bond donors (Lipinski definition) is 2. The van der Waals surface area contributed by atoms with E-state index in [1.54, 1.807) is 6.20 Å². The fourth-order valence-corrected chi connectivity index (χ4v) is 4.39. The number of likely N-dealkylation sites (tertiary alicyclic amines) is 1. The Balaban J connectivity index is 1.38. The molecule has 0 spiro atoms. The van der Waals surface area contributed by atoms with Crippen LogP contribution in [-0.4, -0.2) is 39.6 Å². The summed E-state index contributed by atoms with van der Waals surface area (Å²) < 4.78 is 3.34. The zero-order valence-electron chi connectivity index (χ0n) is 16.5. The number of aromatic nitrogens is 1. The first-order valence-corrected chi connectivity index (χ1v) is 10.8. The zero-order chi connectivity index (χ0) is 20.3. The molecule has 4 rings (SSSR count). The van der Waals surface area contributed by atoms with Gasteiger partial charge in [0.05, 0.1) is 16.0 Å². The van der Waals surface area contributed by atoms with Gasteiger partial charge in [-0.1, -0.05) is 25.1 Å². The van der Waals surface area contributed by atoms with E-state index in [9.17, 15) is 9.90 Å². The number of carbonyl (C=O) groups is 1. The van der Waals surface area contributed by atoms with Crippen molar-refractivity contribution < 1.29 is 9.90 Å². The van der Waals surface area contributed by atoms with Crippen molar-refractivity contribution in [1.29, 1.82) is 0 Å². The minimum Gasteiger partial charge on any atom is -0.390 e. The molecule has 1 saturated heterocycles. The predicted molar refractivity (Wildman–Crippen MR) is 118 cm³/mol. The van der Waals surface area contributed by atoms with Crippen LogP contribution in [0, 0.1) is 0 Å². The minimum absolute atomic E-state index is 0.0283. The first kappa shape index (κ1) is 19.7. The third-order valence-electron chi connectivity index (χ3n) is 5.65. The van der Waals surface area contributed by atoms with Crippen LogP contribution >= 0.6 is 11.9 Å². The molecular weight excluding hydrogens is 382 g/mol. The molecule has 0 radical (unpaired) electrons. The summed E-state index contributed by atoms with van der Waals surface area (Å²) in [5, 5.41) is 11.5. The van der Waals surface area contributed by atoms with E-state index in [-0.39, 0.29) is 5.91 Å². The standard InChI is InChI=1S/C23H25N3O2S/c1-2-23(28)12-15-26(16-13-23)22(27)18-8-10-19(11-9-18)25-29-20-7-3-5-17-6-4-14-24-21(17)20/h3-11,14,25,28H,2,12-13,15-16H2,1H3. The molecule has 29 heavy (non-hydrogen) atoms. The molecule has 0 bridgehead atoms. The predicted octanol–water partition coefficient (Wildman–Crippen LogP) is 4.73. The van der Waals surface area contributed by atoms with Gasteiger partial charge < -0.3 is 14.7 Å². The third kappa shape index (κ3) is 4.38. The molecule has 5 nitrogen and oxygen atoms in total. The van der Waals surface area contributed by atoms with Gasteiger partial charge in [0.1, 0.15) is 0 Å². The van der Waals surface area contributed by atoms with E-state index in [4.69, 9.17) is 0 Å². The molecule has 1 amide bonds. The zero-order valence-corrected chi connectivity index (χ0v) is 17.3. The number of piperidine rings is 1. The summed E-state index contributed by atoms with van der Waals surface area (Å²) in [6, 6.07) is 17.7. The molecule has 1 aromatic heterocycles. The Morgan fingerprint density at radius 2 is 1.86 bits per heavy atom. The number of amides is 1. The summed E-state index contributed by atoms with van der Waals surface area (Å²) in [5.41, 5.74) is 1.96. The molecule has 2 N–H and O–H groups in total. The lowest BCUT2D eigenvalue weighted by atomic mass is 9.89. The Labute approximate surface area is 175 Å². The lowest BCUT2D eigenvalue weighted by molar-refractivity contribution is -0.0193. The highest BCUT2D eigenvalue weighted by molar-refractivity contribution is 8.00. The fourth-order valence-electron chi connectivity index (χ4n) is 3.62. The molecule has 0 aliphatic carbocycles. The Kier molecular flexibility index (Phi) is 5.74. The third-order valence-corrected chi connectivity index (χ3v) is 6.53. The van der Waals surface area contributed by atoms with Crippen molar-refractivity contribution in [2.75, 3.05) is 17.8 Å². The topological polar surface area (TPSA) is 65.5 Å². The van der Waals surface area contributed by atoms with Gasteiger partial charge in [0.25, 0.3) is 5.91 Å². The van der Waals surface area contributed by atoms with Crippen molar-refractivity contribution in [1.82, 2.24) is 9.88 Å². The van der Waals surface area contributed by atoms with Crippen LogP contribution in [0.25, 0.3) is 10.9 Å². The highest BCUT2D eigenvalue weighted by Crippen LogP contribution is 2.28. The van der Waals surface area contributed by atoms with Gasteiger partial charge in [-0.25, -0.2) is 0 Å². The van der Waals surface area contributed by atoms with Gasteiger partial charge in [0.15, 0.2) is 0 Å². The molecule has 6 heteroatoms. The average Bonchev–Trinajstić information content (AvgIpc) is 2.78. The van der Waals surface area contributed by atoms with Crippen molar-refractivity contribution in [3.63, 3.8) is 0 Å². The van der Waals surface area contributed by atoms with Crippen LogP contribution in [0.2, 0.25) is 0 Å². The highest BCUT2D eigenvalue weighted by atomic mass is 32.2. The van der Waals surface area contributed by atoms with Gasteiger partial charge in [-0.05, 0) is 67.6 Å². The van der Waals surface area contributed by atoms with Crippen LogP contribution < -0.4 is 4.72 Å². The number of carbonyl (C=O) groups excluding carboxylic acids is 1. The molecule has 3 aromatic rings. The number of pyridine rings is 1. The van der Waals surface area contributed by atoms with Crippen LogP contribution in [0.15, 0.2) is 65.7 Å². The SMILES string of the molecule is CCC1(O)CCN(C(=O)c2ccc(NSc3cccc4cccnc34)cc2)CC1. The summed E-state index contributed by atoms with van der Waals surface area (Å²) in [4.78, 5) is 20.1. The number of aliphatic hydroxyl groups is 1. The van der Waals surface area contributed by atoms with Crippen LogP contribution in [0.1, 0.15) is 36.5 Å². The first-order valence-electron chi connectivity index (χ1n) is 9.96. The van der Waals surface area contributed by atoms with E-state index in [1.807, 2.05) is 54.3 Å². The summed E-state index contributed by atoms with van der Waals surface area (Å²) in [7, 11) is 0. The summed E-state index contributed by atoms with van der Waals surface area (Å²) >= 11 is 1.51. The molecule has 0 unspecified atom stereocenters. The number of fused-ring (bicyclic) bond motifs is 1.